The number of nitrogens with one attached hydrogen (secondary N) is 1. The van der Waals surface area contributed by atoms with Crippen LogP contribution in [0.4, 0.5) is 0 Å². The van der Waals surface area contributed by atoms with Gasteiger partial charge in [0.2, 0.25) is 5.91 Å². The van der Waals surface area contributed by atoms with Crippen molar-refractivity contribution in [1.82, 2.24) is 5.32 Å². The fourth-order valence-corrected chi connectivity index (χ4v) is 5.77. The van der Waals surface area contributed by atoms with Crippen LogP contribution in [-0.4, -0.2) is 19.6 Å². The summed E-state index contributed by atoms with van der Waals surface area (Å²) in [7, 11) is 1.72. The van der Waals surface area contributed by atoms with Gasteiger partial charge >= 0.3 is 0 Å². The van der Waals surface area contributed by atoms with Crippen molar-refractivity contribution in [2.75, 3.05) is 13.7 Å². The maximum Gasteiger partial charge on any atom is 0.226 e. The first-order valence-corrected chi connectivity index (χ1v) is 9.04. The Bertz CT molecular complexity index is 533. The van der Waals surface area contributed by atoms with E-state index in [0.29, 0.717) is 6.54 Å². The number of carbonyl (C=O) groups excluding carboxylic acids is 1. The number of hydrogen-bond donors (Lipinski definition) is 1. The molecule has 3 nitrogen and oxygen atoms in total. The highest BCUT2D eigenvalue weighted by Crippen LogP contribution is 2.60. The molecule has 0 aliphatic heterocycles. The minimum Gasteiger partial charge on any atom is -0.375 e. The minimum atomic E-state index is -0.0657. The largest absolute Gasteiger partial charge is 0.375 e. The molecule has 0 spiro atoms. The quantitative estimate of drug-likeness (QED) is 0.900. The van der Waals surface area contributed by atoms with Crippen molar-refractivity contribution in [3.8, 4) is 0 Å². The second kappa shape index (κ2) is 5.94. The molecule has 0 radical (unpaired) electrons. The molecule has 1 aromatic carbocycles. The Morgan fingerprint density at radius 1 is 1.13 bits per heavy atom. The maximum atomic E-state index is 13.0. The molecule has 1 unspecified atom stereocenters. The minimum absolute atomic E-state index is 0.0611. The number of methoxy groups -OCH3 is 1. The first kappa shape index (κ1) is 15.2. The molecular formula is C20H27NO2. The van der Waals surface area contributed by atoms with Crippen LogP contribution >= 0.6 is 0 Å². The number of benzene rings is 1. The van der Waals surface area contributed by atoms with E-state index in [-0.39, 0.29) is 17.4 Å². The van der Waals surface area contributed by atoms with Crippen LogP contribution in [0.25, 0.3) is 0 Å². The summed E-state index contributed by atoms with van der Waals surface area (Å²) in [5, 5.41) is 3.23. The third-order valence-corrected chi connectivity index (χ3v) is 6.42. The molecule has 4 saturated carbocycles. The number of carbonyl (C=O) groups is 1. The molecule has 0 aromatic heterocycles. The molecule has 1 N–H and O–H groups in total. The zero-order chi connectivity index (χ0) is 15.9. The lowest BCUT2D eigenvalue weighted by molar-refractivity contribution is -0.146. The second-order valence-electron chi connectivity index (χ2n) is 8.04. The lowest BCUT2D eigenvalue weighted by atomic mass is 9.49. The number of hydrogen-bond acceptors (Lipinski definition) is 2. The highest BCUT2D eigenvalue weighted by Gasteiger charge is 2.54. The lowest BCUT2D eigenvalue weighted by Crippen LogP contribution is -2.54. The van der Waals surface area contributed by atoms with E-state index in [0.717, 1.165) is 42.6 Å². The maximum absolute atomic E-state index is 13.0. The summed E-state index contributed by atoms with van der Waals surface area (Å²) in [5.41, 5.74) is 1.06. The standard InChI is InChI=1S/C20H27NO2/c1-23-18(17-5-3-2-4-6-17)13-21-19(22)20-10-14-7-15(11-20)9-16(8-14)12-20/h2-6,14-16,18H,7-13H2,1H3,(H,21,22). The summed E-state index contributed by atoms with van der Waals surface area (Å²) in [5.74, 6) is 2.70. The van der Waals surface area contributed by atoms with Crippen molar-refractivity contribution in [2.45, 2.75) is 44.6 Å². The van der Waals surface area contributed by atoms with E-state index in [1.807, 2.05) is 18.2 Å². The first-order valence-electron chi connectivity index (χ1n) is 9.04. The molecule has 124 valence electrons. The summed E-state index contributed by atoms with van der Waals surface area (Å²) in [4.78, 5) is 13.0. The smallest absolute Gasteiger partial charge is 0.226 e. The second-order valence-corrected chi connectivity index (χ2v) is 8.04. The molecule has 0 heterocycles. The normalized spacial score (nSPS) is 36.0. The number of amides is 1. The predicted molar refractivity (Wildman–Crippen MR) is 89.8 cm³/mol. The van der Waals surface area contributed by atoms with Crippen LogP contribution in [0.2, 0.25) is 0 Å². The average Bonchev–Trinajstić information content (AvgIpc) is 2.55. The van der Waals surface area contributed by atoms with Gasteiger partial charge in [-0.2, -0.15) is 0 Å². The fraction of sp³-hybridized carbons (Fsp3) is 0.650. The summed E-state index contributed by atoms with van der Waals surface area (Å²) >= 11 is 0. The van der Waals surface area contributed by atoms with E-state index in [9.17, 15) is 4.79 Å². The van der Waals surface area contributed by atoms with Crippen molar-refractivity contribution in [2.24, 2.45) is 23.2 Å². The van der Waals surface area contributed by atoms with Gasteiger partial charge < -0.3 is 10.1 Å². The van der Waals surface area contributed by atoms with Crippen LogP contribution in [-0.2, 0) is 9.53 Å². The van der Waals surface area contributed by atoms with Gasteiger partial charge in [0.1, 0.15) is 0 Å². The van der Waals surface area contributed by atoms with E-state index in [1.54, 1.807) is 7.11 Å². The van der Waals surface area contributed by atoms with E-state index >= 15 is 0 Å². The molecule has 23 heavy (non-hydrogen) atoms. The van der Waals surface area contributed by atoms with Crippen LogP contribution < -0.4 is 5.32 Å². The van der Waals surface area contributed by atoms with E-state index < -0.39 is 0 Å². The highest BCUT2D eigenvalue weighted by molar-refractivity contribution is 5.83. The van der Waals surface area contributed by atoms with Crippen LogP contribution in [0.5, 0.6) is 0 Å². The molecule has 1 amide bonds. The summed E-state index contributed by atoms with van der Waals surface area (Å²) in [6, 6.07) is 10.2. The molecule has 1 aromatic rings. The molecule has 4 aliphatic carbocycles. The Hall–Kier alpha value is -1.35. The molecule has 4 aliphatic rings. The Kier molecular flexibility index (Phi) is 3.92. The summed E-state index contributed by atoms with van der Waals surface area (Å²) in [6.45, 7) is 0.571. The van der Waals surface area contributed by atoms with Gasteiger partial charge in [-0.05, 0) is 61.8 Å². The van der Waals surface area contributed by atoms with Crippen molar-refractivity contribution >= 4 is 5.91 Å². The Morgan fingerprint density at radius 3 is 2.22 bits per heavy atom. The van der Waals surface area contributed by atoms with E-state index in [4.69, 9.17) is 4.74 Å². The summed E-state index contributed by atoms with van der Waals surface area (Å²) < 4.78 is 5.59. The van der Waals surface area contributed by atoms with Gasteiger partial charge in [-0.3, -0.25) is 4.79 Å². The Balaban J connectivity index is 1.42. The Labute approximate surface area is 138 Å². The fourth-order valence-electron chi connectivity index (χ4n) is 5.77. The topological polar surface area (TPSA) is 38.3 Å². The molecule has 4 fully saturated rings. The Morgan fingerprint density at radius 2 is 1.70 bits per heavy atom. The van der Waals surface area contributed by atoms with Crippen LogP contribution in [0.1, 0.15) is 50.2 Å². The third kappa shape index (κ3) is 2.80. The van der Waals surface area contributed by atoms with Gasteiger partial charge in [-0.1, -0.05) is 30.3 Å². The van der Waals surface area contributed by atoms with E-state index in [1.165, 1.54) is 19.3 Å². The molecule has 5 rings (SSSR count). The molecule has 3 heteroatoms. The van der Waals surface area contributed by atoms with Gasteiger partial charge in [0, 0.05) is 19.1 Å². The zero-order valence-electron chi connectivity index (χ0n) is 14.0. The molecule has 4 bridgehead atoms. The monoisotopic (exact) mass is 313 g/mol. The van der Waals surface area contributed by atoms with Crippen LogP contribution in [0.15, 0.2) is 30.3 Å². The summed E-state index contributed by atoms with van der Waals surface area (Å²) in [6.07, 6.45) is 7.41. The molecular weight excluding hydrogens is 286 g/mol. The van der Waals surface area contributed by atoms with Gasteiger partial charge in [0.05, 0.1) is 6.10 Å². The third-order valence-electron chi connectivity index (χ3n) is 6.42. The van der Waals surface area contributed by atoms with E-state index in [2.05, 4.69) is 17.4 Å². The number of ether oxygens (including phenoxy) is 1. The average molecular weight is 313 g/mol. The van der Waals surface area contributed by atoms with Crippen LogP contribution in [0, 0.1) is 23.2 Å². The molecule has 1 atom stereocenters. The highest BCUT2D eigenvalue weighted by atomic mass is 16.5. The van der Waals surface area contributed by atoms with Crippen molar-refractivity contribution < 1.29 is 9.53 Å². The predicted octanol–water partition coefficient (Wildman–Crippen LogP) is 3.71. The SMILES string of the molecule is COC(CNC(=O)C12CC3CC(CC(C3)C1)C2)c1ccccc1. The van der Waals surface area contributed by atoms with Crippen molar-refractivity contribution in [1.29, 1.82) is 0 Å². The van der Waals surface area contributed by atoms with Crippen molar-refractivity contribution in [3.63, 3.8) is 0 Å². The number of rotatable bonds is 5. The van der Waals surface area contributed by atoms with Gasteiger partial charge in [-0.15, -0.1) is 0 Å². The molecule has 0 saturated heterocycles. The lowest BCUT2D eigenvalue weighted by Gasteiger charge is -2.55. The van der Waals surface area contributed by atoms with Gasteiger partial charge in [-0.25, -0.2) is 0 Å². The van der Waals surface area contributed by atoms with Gasteiger partial charge in [0.25, 0.3) is 0 Å². The zero-order valence-corrected chi connectivity index (χ0v) is 14.0. The van der Waals surface area contributed by atoms with Crippen LogP contribution in [0.3, 0.4) is 0 Å². The first-order chi connectivity index (χ1) is 11.2. The van der Waals surface area contributed by atoms with Gasteiger partial charge in [0.15, 0.2) is 0 Å². The van der Waals surface area contributed by atoms with Crippen molar-refractivity contribution in [3.05, 3.63) is 35.9 Å².